The highest BCUT2D eigenvalue weighted by Gasteiger charge is 2.18. The van der Waals surface area contributed by atoms with Gasteiger partial charge < -0.3 is 10.6 Å². The van der Waals surface area contributed by atoms with Crippen LogP contribution < -0.4 is 10.6 Å². The van der Waals surface area contributed by atoms with Crippen molar-refractivity contribution in [2.75, 3.05) is 23.7 Å². The maximum Gasteiger partial charge on any atom is 0.0420 e. The minimum Gasteiger partial charge on any atom is -0.399 e. The summed E-state index contributed by atoms with van der Waals surface area (Å²) in [5, 5.41) is 4.38. The third kappa shape index (κ3) is 2.15. The van der Waals surface area contributed by atoms with E-state index in [0.29, 0.717) is 0 Å². The second-order valence-corrected chi connectivity index (χ2v) is 5.29. The van der Waals surface area contributed by atoms with Crippen LogP contribution in [0.15, 0.2) is 35.0 Å². The van der Waals surface area contributed by atoms with Gasteiger partial charge in [-0.25, -0.2) is 0 Å². The lowest BCUT2D eigenvalue weighted by Gasteiger charge is -2.19. The van der Waals surface area contributed by atoms with Crippen LogP contribution >= 0.6 is 11.3 Å². The molecular weight excluding hydrogens is 228 g/mol. The van der Waals surface area contributed by atoms with Gasteiger partial charge in [0.2, 0.25) is 0 Å². The molecule has 1 aliphatic rings. The molecule has 17 heavy (non-hydrogen) atoms. The molecule has 0 spiro atoms. The zero-order valence-corrected chi connectivity index (χ0v) is 10.5. The predicted molar refractivity (Wildman–Crippen MR) is 74.8 cm³/mol. The van der Waals surface area contributed by atoms with E-state index in [2.05, 4.69) is 33.9 Å². The van der Waals surface area contributed by atoms with E-state index < -0.39 is 0 Å². The molecule has 3 heteroatoms. The summed E-state index contributed by atoms with van der Waals surface area (Å²) < 4.78 is 0. The quantitative estimate of drug-likeness (QED) is 0.841. The van der Waals surface area contributed by atoms with Gasteiger partial charge in [0.25, 0.3) is 0 Å². The van der Waals surface area contributed by atoms with Crippen LogP contribution in [0.3, 0.4) is 0 Å². The first-order valence-electron chi connectivity index (χ1n) is 5.97. The van der Waals surface area contributed by atoms with Crippen molar-refractivity contribution in [1.82, 2.24) is 0 Å². The molecule has 3 rings (SSSR count). The van der Waals surface area contributed by atoms with E-state index >= 15 is 0 Å². The number of hydrogen-bond donors (Lipinski definition) is 1. The molecule has 0 saturated heterocycles. The molecule has 0 unspecified atom stereocenters. The normalized spacial score (nSPS) is 14.0. The van der Waals surface area contributed by atoms with Crippen molar-refractivity contribution in [2.24, 2.45) is 0 Å². The molecule has 2 heterocycles. The summed E-state index contributed by atoms with van der Waals surface area (Å²) in [4.78, 5) is 2.45. The van der Waals surface area contributed by atoms with Crippen molar-refractivity contribution in [1.29, 1.82) is 0 Å². The van der Waals surface area contributed by atoms with Crippen LogP contribution in [0.25, 0.3) is 0 Å². The van der Waals surface area contributed by atoms with Crippen molar-refractivity contribution in [3.8, 4) is 0 Å². The first-order chi connectivity index (χ1) is 8.33. The summed E-state index contributed by atoms with van der Waals surface area (Å²) in [6.45, 7) is 2.22. The minimum absolute atomic E-state index is 0.867. The third-order valence-electron chi connectivity index (χ3n) is 3.35. The number of benzene rings is 1. The Morgan fingerprint density at radius 3 is 3.06 bits per heavy atom. The standard InChI is InChI=1S/C14H16N2S/c15-13-2-1-12-4-7-16(14(12)9-13)6-3-11-5-8-17-10-11/h1-2,5,8-10H,3-4,6-7,15H2. The number of fused-ring (bicyclic) bond motifs is 1. The Balaban J connectivity index is 1.73. The number of nitrogen functional groups attached to an aromatic ring is 1. The number of nitrogens with zero attached hydrogens (tertiary/aromatic N) is 1. The molecule has 2 nitrogen and oxygen atoms in total. The average molecular weight is 244 g/mol. The molecule has 1 aliphatic heterocycles. The molecule has 0 amide bonds. The van der Waals surface area contributed by atoms with Crippen molar-refractivity contribution in [3.05, 3.63) is 46.2 Å². The van der Waals surface area contributed by atoms with E-state index in [4.69, 9.17) is 5.73 Å². The van der Waals surface area contributed by atoms with Gasteiger partial charge in [-0.1, -0.05) is 6.07 Å². The molecule has 0 bridgehead atoms. The fraction of sp³-hybridized carbons (Fsp3) is 0.286. The average Bonchev–Trinajstić information content (AvgIpc) is 2.94. The first-order valence-corrected chi connectivity index (χ1v) is 6.91. The second kappa shape index (κ2) is 4.41. The van der Waals surface area contributed by atoms with E-state index in [-0.39, 0.29) is 0 Å². The van der Waals surface area contributed by atoms with Gasteiger partial charge in [-0.15, -0.1) is 0 Å². The highest BCUT2D eigenvalue weighted by molar-refractivity contribution is 7.07. The van der Waals surface area contributed by atoms with Crippen molar-refractivity contribution >= 4 is 22.7 Å². The summed E-state index contributed by atoms with van der Waals surface area (Å²) in [5.74, 6) is 0. The number of thiophene rings is 1. The Morgan fingerprint density at radius 1 is 1.29 bits per heavy atom. The van der Waals surface area contributed by atoms with Gasteiger partial charge >= 0.3 is 0 Å². The van der Waals surface area contributed by atoms with E-state index in [9.17, 15) is 0 Å². The van der Waals surface area contributed by atoms with Crippen LogP contribution in [0.4, 0.5) is 11.4 Å². The number of hydrogen-bond acceptors (Lipinski definition) is 3. The van der Waals surface area contributed by atoms with Gasteiger partial charge in [0.15, 0.2) is 0 Å². The summed E-state index contributed by atoms with van der Waals surface area (Å²) in [5.41, 5.74) is 10.9. The number of anilines is 2. The zero-order valence-electron chi connectivity index (χ0n) is 9.73. The van der Waals surface area contributed by atoms with Gasteiger partial charge in [0.1, 0.15) is 0 Å². The molecule has 0 radical (unpaired) electrons. The molecule has 2 N–H and O–H groups in total. The number of nitrogens with two attached hydrogens (primary N) is 1. The highest BCUT2D eigenvalue weighted by atomic mass is 32.1. The Morgan fingerprint density at radius 2 is 2.24 bits per heavy atom. The maximum absolute atomic E-state index is 5.86. The molecule has 0 aliphatic carbocycles. The van der Waals surface area contributed by atoms with E-state index in [1.807, 2.05) is 6.07 Å². The van der Waals surface area contributed by atoms with Gasteiger partial charge in [0, 0.05) is 24.5 Å². The fourth-order valence-corrected chi connectivity index (χ4v) is 3.10. The van der Waals surface area contributed by atoms with Crippen LogP contribution in [0.5, 0.6) is 0 Å². The topological polar surface area (TPSA) is 29.3 Å². The van der Waals surface area contributed by atoms with E-state index in [0.717, 1.165) is 31.6 Å². The van der Waals surface area contributed by atoms with Gasteiger partial charge in [-0.3, -0.25) is 0 Å². The monoisotopic (exact) mass is 244 g/mol. The molecule has 1 aromatic heterocycles. The van der Waals surface area contributed by atoms with Crippen LogP contribution in [0, 0.1) is 0 Å². The Kier molecular flexibility index (Phi) is 2.77. The lowest BCUT2D eigenvalue weighted by atomic mass is 10.1. The largest absolute Gasteiger partial charge is 0.399 e. The van der Waals surface area contributed by atoms with Gasteiger partial charge in [-0.2, -0.15) is 11.3 Å². The molecule has 0 atom stereocenters. The van der Waals surface area contributed by atoms with Crippen LogP contribution in [-0.2, 0) is 12.8 Å². The van der Waals surface area contributed by atoms with Crippen LogP contribution in [-0.4, -0.2) is 13.1 Å². The minimum atomic E-state index is 0.867. The third-order valence-corrected chi connectivity index (χ3v) is 4.08. The first kappa shape index (κ1) is 10.7. The highest BCUT2D eigenvalue weighted by Crippen LogP contribution is 2.29. The van der Waals surface area contributed by atoms with E-state index in [1.165, 1.54) is 16.8 Å². The summed E-state index contributed by atoms with van der Waals surface area (Å²) in [6, 6.07) is 8.48. The smallest absolute Gasteiger partial charge is 0.0420 e. The second-order valence-electron chi connectivity index (χ2n) is 4.51. The molecule has 1 aromatic carbocycles. The fourth-order valence-electron chi connectivity index (χ4n) is 2.39. The van der Waals surface area contributed by atoms with Gasteiger partial charge in [-0.05, 0) is 52.9 Å². The lowest BCUT2D eigenvalue weighted by molar-refractivity contribution is 0.815. The van der Waals surface area contributed by atoms with Crippen molar-refractivity contribution in [2.45, 2.75) is 12.8 Å². The molecule has 88 valence electrons. The van der Waals surface area contributed by atoms with E-state index in [1.54, 1.807) is 11.3 Å². The maximum atomic E-state index is 5.86. The molecule has 2 aromatic rings. The zero-order chi connectivity index (χ0) is 11.7. The van der Waals surface area contributed by atoms with Crippen molar-refractivity contribution < 1.29 is 0 Å². The van der Waals surface area contributed by atoms with Crippen molar-refractivity contribution in [3.63, 3.8) is 0 Å². The Labute approximate surface area is 106 Å². The molecule has 0 saturated carbocycles. The molecule has 0 fully saturated rings. The number of rotatable bonds is 3. The van der Waals surface area contributed by atoms with Crippen LogP contribution in [0.2, 0.25) is 0 Å². The summed E-state index contributed by atoms with van der Waals surface area (Å²) in [6.07, 6.45) is 2.27. The Bertz CT molecular complexity index is 505. The van der Waals surface area contributed by atoms with Gasteiger partial charge in [0.05, 0.1) is 0 Å². The summed E-state index contributed by atoms with van der Waals surface area (Å²) >= 11 is 1.77. The SMILES string of the molecule is Nc1ccc2c(c1)N(CCc1ccsc1)CC2. The summed E-state index contributed by atoms with van der Waals surface area (Å²) in [7, 11) is 0. The Hall–Kier alpha value is -1.48. The molecular formula is C14H16N2S. The van der Waals surface area contributed by atoms with Crippen LogP contribution in [0.1, 0.15) is 11.1 Å². The predicted octanol–water partition coefficient (Wildman–Crippen LogP) is 2.94. The lowest BCUT2D eigenvalue weighted by Crippen LogP contribution is -2.23.